The highest BCUT2D eigenvalue weighted by atomic mass is 16.5. The lowest BCUT2D eigenvalue weighted by Gasteiger charge is -2.11. The molecule has 0 saturated heterocycles. The van der Waals surface area contributed by atoms with E-state index in [1.54, 1.807) is 72.8 Å². The first-order valence-corrected chi connectivity index (χ1v) is 16.1. The number of carbonyl (C=O) groups is 4. The van der Waals surface area contributed by atoms with Crippen LogP contribution >= 0.6 is 0 Å². The van der Waals surface area contributed by atoms with Crippen LogP contribution < -0.4 is 0 Å². The zero-order valence-corrected chi connectivity index (χ0v) is 27.3. The molecule has 0 aliphatic carbocycles. The highest BCUT2D eigenvalue weighted by molar-refractivity contribution is 5.90. The number of esters is 4. The van der Waals surface area contributed by atoms with Crippen LogP contribution in [0, 0.1) is 0 Å². The maximum atomic E-state index is 11.8. The lowest BCUT2D eigenvalue weighted by Crippen LogP contribution is -2.11. The maximum Gasteiger partial charge on any atom is 0.338 e. The van der Waals surface area contributed by atoms with E-state index in [-0.39, 0.29) is 30.9 Å². The van der Waals surface area contributed by atoms with Gasteiger partial charge in [0.1, 0.15) is 5.75 Å². The summed E-state index contributed by atoms with van der Waals surface area (Å²) in [6.45, 7) is 0.965. The molecule has 0 spiro atoms. The molecule has 0 aliphatic heterocycles. The zero-order valence-electron chi connectivity index (χ0n) is 27.3. The summed E-state index contributed by atoms with van der Waals surface area (Å²) in [5, 5.41) is 19.1. The Labute approximate surface area is 286 Å². The zero-order chi connectivity index (χ0) is 35.1. The predicted octanol–water partition coefficient (Wildman–Crippen LogP) is 6.81. The number of phenols is 1. The van der Waals surface area contributed by atoms with E-state index in [4.69, 9.17) is 24.1 Å². The Kier molecular flexibility index (Phi) is 17.2. The first-order valence-electron chi connectivity index (χ1n) is 16.1. The molecule has 0 aliphatic rings. The number of aliphatic hydroxyl groups is 1. The molecule has 4 rings (SSSR count). The second-order valence-electron chi connectivity index (χ2n) is 10.8. The lowest BCUT2D eigenvalue weighted by molar-refractivity contribution is 0.0393. The Morgan fingerprint density at radius 1 is 0.429 bits per heavy atom. The van der Waals surface area contributed by atoms with Crippen LogP contribution in [0.5, 0.6) is 5.75 Å². The molecule has 10 nitrogen and oxygen atoms in total. The number of aromatic hydroxyl groups is 1. The van der Waals surface area contributed by atoms with Gasteiger partial charge in [-0.2, -0.15) is 0 Å². The summed E-state index contributed by atoms with van der Waals surface area (Å²) >= 11 is 0. The minimum atomic E-state index is -0.477. The van der Waals surface area contributed by atoms with Gasteiger partial charge in [-0.3, -0.25) is 0 Å². The Balaban J connectivity index is 0.000000271. The largest absolute Gasteiger partial charge is 0.508 e. The van der Waals surface area contributed by atoms with Gasteiger partial charge in [0, 0.05) is 6.42 Å². The molecule has 49 heavy (non-hydrogen) atoms. The summed E-state index contributed by atoms with van der Waals surface area (Å²) in [6, 6.07) is 32.2. The highest BCUT2D eigenvalue weighted by Gasteiger charge is 2.10. The normalized spacial score (nSPS) is 10.9. The maximum absolute atomic E-state index is 11.8. The average molecular weight is 671 g/mol. The number of phenolic OH excluding ortho intramolecular Hbond substituents is 1. The smallest absolute Gasteiger partial charge is 0.338 e. The van der Waals surface area contributed by atoms with Gasteiger partial charge in [0.25, 0.3) is 0 Å². The van der Waals surface area contributed by atoms with Crippen LogP contribution in [-0.2, 0) is 18.9 Å². The van der Waals surface area contributed by atoms with Crippen molar-refractivity contribution in [3.8, 4) is 5.75 Å². The molecule has 0 bridgehead atoms. The predicted molar refractivity (Wildman–Crippen MR) is 182 cm³/mol. The number of ether oxygens (including phenoxy) is 4. The van der Waals surface area contributed by atoms with Crippen molar-refractivity contribution in [2.24, 2.45) is 0 Å². The number of hydrogen-bond donors (Lipinski definition) is 2. The van der Waals surface area contributed by atoms with Crippen molar-refractivity contribution in [3.05, 3.63) is 138 Å². The molecule has 4 aromatic carbocycles. The monoisotopic (exact) mass is 670 g/mol. The Bertz CT molecular complexity index is 1540. The standard InChI is InChI=1S/C22H26O5.C17H16O5/c23-20(15-9-17-27-22(25)19-12-5-2-6-13-19)14-7-8-16-26-21(24)18-10-3-1-4-11-18;18-15-9-7-14(8-10-15)17(20)22-12-4-11-21-16(19)13-5-2-1-3-6-13/h1-6,10-13,20,23H,7-9,14-17H2;1-3,5-10,18H,4,11-12H2. The SMILES string of the molecule is O=C(OCCCCC(O)CCCOC(=O)c1ccccc1)c1ccccc1.O=C(OCCCOC(=O)c1ccc(O)cc1)c1ccccc1. The van der Waals surface area contributed by atoms with Crippen LogP contribution in [0.2, 0.25) is 0 Å². The summed E-state index contributed by atoms with van der Waals surface area (Å²) in [5.41, 5.74) is 1.92. The third-order valence-electron chi connectivity index (χ3n) is 6.97. The molecule has 0 fully saturated rings. The van der Waals surface area contributed by atoms with Gasteiger partial charge in [0.15, 0.2) is 0 Å². The second kappa shape index (κ2) is 22.2. The molecule has 1 unspecified atom stereocenters. The van der Waals surface area contributed by atoms with Gasteiger partial charge < -0.3 is 29.2 Å². The van der Waals surface area contributed by atoms with E-state index in [0.29, 0.717) is 67.6 Å². The summed E-state index contributed by atoms with van der Waals surface area (Å²) in [5.74, 6) is -1.45. The Hall–Kier alpha value is -5.48. The highest BCUT2D eigenvalue weighted by Crippen LogP contribution is 2.12. The van der Waals surface area contributed by atoms with Gasteiger partial charge in [-0.15, -0.1) is 0 Å². The van der Waals surface area contributed by atoms with Gasteiger partial charge in [-0.05, 0) is 92.8 Å². The molecule has 2 N–H and O–H groups in total. The molecule has 0 aromatic heterocycles. The minimum Gasteiger partial charge on any atom is -0.508 e. The first kappa shape index (κ1) is 38.0. The molecule has 0 amide bonds. The summed E-state index contributed by atoms with van der Waals surface area (Å²) in [7, 11) is 0. The third kappa shape index (κ3) is 15.3. The molecular weight excluding hydrogens is 628 g/mol. The summed E-state index contributed by atoms with van der Waals surface area (Å²) in [6.07, 6.45) is 3.28. The average Bonchev–Trinajstić information content (AvgIpc) is 3.14. The summed E-state index contributed by atoms with van der Waals surface area (Å²) < 4.78 is 20.5. The second-order valence-corrected chi connectivity index (χ2v) is 10.8. The van der Waals surface area contributed by atoms with Crippen molar-refractivity contribution in [1.82, 2.24) is 0 Å². The van der Waals surface area contributed by atoms with Gasteiger partial charge in [0.2, 0.25) is 0 Å². The molecule has 4 aromatic rings. The number of aliphatic hydroxyl groups excluding tert-OH is 1. The number of carbonyl (C=O) groups excluding carboxylic acids is 4. The first-order chi connectivity index (χ1) is 23.8. The van der Waals surface area contributed by atoms with Crippen LogP contribution in [0.1, 0.15) is 80.0 Å². The van der Waals surface area contributed by atoms with Gasteiger partial charge in [-0.25, -0.2) is 19.2 Å². The van der Waals surface area contributed by atoms with Crippen molar-refractivity contribution in [2.75, 3.05) is 26.4 Å². The Morgan fingerprint density at radius 2 is 0.755 bits per heavy atom. The topological polar surface area (TPSA) is 146 Å². The third-order valence-corrected chi connectivity index (χ3v) is 6.97. The fourth-order valence-electron chi connectivity index (χ4n) is 4.32. The van der Waals surface area contributed by atoms with Gasteiger partial charge in [0.05, 0.1) is 54.8 Å². The van der Waals surface area contributed by atoms with E-state index in [9.17, 15) is 24.3 Å². The number of unbranched alkanes of at least 4 members (excludes halogenated alkanes) is 1. The quantitative estimate of drug-likeness (QED) is 0.0698. The van der Waals surface area contributed by atoms with E-state index in [0.717, 1.165) is 6.42 Å². The molecule has 1 atom stereocenters. The molecule has 258 valence electrons. The number of hydrogen-bond acceptors (Lipinski definition) is 10. The fraction of sp³-hybridized carbons (Fsp3) is 0.282. The number of rotatable bonds is 17. The van der Waals surface area contributed by atoms with Crippen molar-refractivity contribution in [2.45, 2.75) is 44.6 Å². The van der Waals surface area contributed by atoms with E-state index in [1.165, 1.54) is 24.3 Å². The van der Waals surface area contributed by atoms with Crippen molar-refractivity contribution in [1.29, 1.82) is 0 Å². The van der Waals surface area contributed by atoms with Crippen LogP contribution in [-0.4, -0.2) is 66.6 Å². The molecule has 0 saturated carbocycles. The van der Waals surface area contributed by atoms with Crippen LogP contribution in [0.15, 0.2) is 115 Å². The van der Waals surface area contributed by atoms with Crippen molar-refractivity contribution in [3.63, 3.8) is 0 Å². The lowest BCUT2D eigenvalue weighted by atomic mass is 10.1. The van der Waals surface area contributed by atoms with E-state index in [2.05, 4.69) is 0 Å². The van der Waals surface area contributed by atoms with E-state index >= 15 is 0 Å². The van der Waals surface area contributed by atoms with Gasteiger partial charge >= 0.3 is 23.9 Å². The van der Waals surface area contributed by atoms with Gasteiger partial charge in [-0.1, -0.05) is 54.6 Å². The van der Waals surface area contributed by atoms with E-state index in [1.807, 2.05) is 18.2 Å². The van der Waals surface area contributed by atoms with Crippen LogP contribution in [0.25, 0.3) is 0 Å². The number of benzene rings is 4. The summed E-state index contributed by atoms with van der Waals surface area (Å²) in [4.78, 5) is 46.8. The van der Waals surface area contributed by atoms with E-state index < -0.39 is 18.0 Å². The minimum absolute atomic E-state index is 0.0874. The molecule has 0 heterocycles. The van der Waals surface area contributed by atoms with Crippen molar-refractivity contribution < 1.29 is 48.3 Å². The molecular formula is C39H42O10. The molecule has 10 heteroatoms. The van der Waals surface area contributed by atoms with Crippen molar-refractivity contribution >= 4 is 23.9 Å². The fourth-order valence-corrected chi connectivity index (χ4v) is 4.32. The molecule has 0 radical (unpaired) electrons. The Morgan fingerprint density at radius 3 is 1.16 bits per heavy atom. The van der Waals surface area contributed by atoms with Crippen LogP contribution in [0.3, 0.4) is 0 Å². The van der Waals surface area contributed by atoms with Crippen LogP contribution in [0.4, 0.5) is 0 Å².